The van der Waals surface area contributed by atoms with Gasteiger partial charge in [-0.25, -0.2) is 0 Å². The van der Waals surface area contributed by atoms with Crippen LogP contribution in [-0.4, -0.2) is 10.2 Å². The number of allylic oxidation sites excluding steroid dienone is 3. The summed E-state index contributed by atoms with van der Waals surface area (Å²) in [6.07, 6.45) is 9.75. The van der Waals surface area contributed by atoms with Crippen LogP contribution in [0.2, 0.25) is 0 Å². The molecule has 1 unspecified atom stereocenters. The molecule has 1 saturated heterocycles. The van der Waals surface area contributed by atoms with Crippen molar-refractivity contribution >= 4 is 39.9 Å². The normalized spacial score (nSPS) is 24.1. The highest BCUT2D eigenvalue weighted by Gasteiger charge is 2.33. The number of aryl methyl sites for hydroxylation is 1. The van der Waals surface area contributed by atoms with Gasteiger partial charge >= 0.3 is 0 Å². The zero-order valence-corrected chi connectivity index (χ0v) is 13.5. The number of amides is 1. The minimum atomic E-state index is 0.0170. The van der Waals surface area contributed by atoms with E-state index in [2.05, 4.69) is 18.2 Å². The Morgan fingerprint density at radius 1 is 1.29 bits per heavy atom. The van der Waals surface area contributed by atoms with Crippen LogP contribution in [-0.2, 0) is 4.79 Å². The highest BCUT2D eigenvalue weighted by atomic mass is 32.2. The lowest BCUT2D eigenvalue weighted by Crippen LogP contribution is -2.27. The molecule has 0 radical (unpaired) electrons. The Kier molecular flexibility index (Phi) is 4.27. The Balaban J connectivity index is 1.83. The molecule has 21 heavy (non-hydrogen) atoms. The number of nitrogens with zero attached hydrogens (tertiary/aromatic N) is 1. The summed E-state index contributed by atoms with van der Waals surface area (Å²) in [5.74, 6) is 0.477. The van der Waals surface area contributed by atoms with Crippen LogP contribution >= 0.6 is 24.0 Å². The Labute approximate surface area is 134 Å². The average molecular weight is 315 g/mol. The van der Waals surface area contributed by atoms with Gasteiger partial charge in [0.15, 0.2) is 4.32 Å². The molecule has 0 saturated carbocycles. The highest BCUT2D eigenvalue weighted by molar-refractivity contribution is 8.27. The van der Waals surface area contributed by atoms with E-state index in [9.17, 15) is 4.79 Å². The van der Waals surface area contributed by atoms with Gasteiger partial charge in [-0.1, -0.05) is 59.9 Å². The lowest BCUT2D eigenvalue weighted by Gasteiger charge is -2.15. The number of hydrogen-bond acceptors (Lipinski definition) is 3. The number of benzene rings is 1. The predicted octanol–water partition coefficient (Wildman–Crippen LogP) is 4.60. The van der Waals surface area contributed by atoms with Crippen LogP contribution in [0, 0.1) is 12.8 Å². The molecule has 1 aromatic carbocycles. The first-order valence-electron chi connectivity index (χ1n) is 7.15. The first-order chi connectivity index (χ1) is 10.1. The van der Waals surface area contributed by atoms with E-state index in [1.54, 1.807) is 4.90 Å². The Hall–Kier alpha value is -1.39. The van der Waals surface area contributed by atoms with E-state index in [1.807, 2.05) is 31.2 Å². The van der Waals surface area contributed by atoms with Gasteiger partial charge in [0.05, 0.1) is 10.6 Å². The molecule has 1 fully saturated rings. The van der Waals surface area contributed by atoms with Crippen molar-refractivity contribution in [1.82, 2.24) is 0 Å². The Bertz CT molecular complexity index is 631. The zero-order valence-electron chi connectivity index (χ0n) is 11.9. The summed E-state index contributed by atoms with van der Waals surface area (Å²) in [7, 11) is 0. The summed E-state index contributed by atoms with van der Waals surface area (Å²) in [6.45, 7) is 2.03. The van der Waals surface area contributed by atoms with Crippen molar-refractivity contribution in [1.29, 1.82) is 0 Å². The Morgan fingerprint density at radius 3 is 2.71 bits per heavy atom. The molecule has 3 rings (SSSR count). The maximum atomic E-state index is 12.6. The van der Waals surface area contributed by atoms with E-state index >= 15 is 0 Å². The molecule has 0 aromatic heterocycles. The fraction of sp³-hybridized carbons (Fsp3) is 0.294. The molecule has 4 heteroatoms. The van der Waals surface area contributed by atoms with Gasteiger partial charge in [0, 0.05) is 0 Å². The van der Waals surface area contributed by atoms with Gasteiger partial charge in [-0.15, -0.1) is 0 Å². The van der Waals surface area contributed by atoms with Crippen molar-refractivity contribution in [3.8, 4) is 0 Å². The zero-order chi connectivity index (χ0) is 14.8. The smallest absolute Gasteiger partial charge is 0.268 e. The first-order valence-corrected chi connectivity index (χ1v) is 8.37. The lowest BCUT2D eigenvalue weighted by molar-refractivity contribution is -0.113. The highest BCUT2D eigenvalue weighted by Crippen LogP contribution is 2.36. The molecule has 2 aliphatic rings. The predicted molar refractivity (Wildman–Crippen MR) is 93.4 cm³/mol. The van der Waals surface area contributed by atoms with Gasteiger partial charge in [0.1, 0.15) is 0 Å². The van der Waals surface area contributed by atoms with E-state index in [4.69, 9.17) is 12.2 Å². The fourth-order valence-corrected chi connectivity index (χ4v) is 3.95. The van der Waals surface area contributed by atoms with Crippen molar-refractivity contribution in [2.24, 2.45) is 5.92 Å². The maximum Gasteiger partial charge on any atom is 0.270 e. The second-order valence-electron chi connectivity index (χ2n) is 5.42. The number of hydrogen-bond donors (Lipinski definition) is 0. The molecule has 1 aromatic rings. The molecular formula is C17H17NOS2. The number of anilines is 1. The minimum Gasteiger partial charge on any atom is -0.268 e. The monoisotopic (exact) mass is 315 g/mol. The number of rotatable bonds is 2. The first kappa shape index (κ1) is 14.5. The lowest BCUT2D eigenvalue weighted by atomic mass is 9.94. The number of carbonyl (C=O) groups excluding carboxylic acids is 1. The summed E-state index contributed by atoms with van der Waals surface area (Å²) in [6, 6.07) is 7.91. The quantitative estimate of drug-likeness (QED) is 0.452. The topological polar surface area (TPSA) is 20.3 Å². The summed E-state index contributed by atoms with van der Waals surface area (Å²) >= 11 is 6.81. The molecule has 0 spiro atoms. The van der Waals surface area contributed by atoms with Crippen LogP contribution < -0.4 is 4.90 Å². The van der Waals surface area contributed by atoms with Gasteiger partial charge < -0.3 is 0 Å². The minimum absolute atomic E-state index is 0.0170. The molecule has 1 atom stereocenters. The molecule has 0 bridgehead atoms. The van der Waals surface area contributed by atoms with Gasteiger partial charge in [-0.3, -0.25) is 9.69 Å². The molecule has 2 nitrogen and oxygen atoms in total. The average Bonchev–Trinajstić information content (AvgIpc) is 2.76. The third kappa shape index (κ3) is 3.11. The van der Waals surface area contributed by atoms with E-state index in [1.165, 1.54) is 17.3 Å². The third-order valence-corrected chi connectivity index (χ3v) is 5.10. The second kappa shape index (κ2) is 6.16. The van der Waals surface area contributed by atoms with Crippen LogP contribution in [0.25, 0.3) is 0 Å². The molecule has 0 N–H and O–H groups in total. The van der Waals surface area contributed by atoms with Crippen molar-refractivity contribution in [3.05, 3.63) is 53.0 Å². The van der Waals surface area contributed by atoms with E-state index < -0.39 is 0 Å². The maximum absolute atomic E-state index is 12.6. The van der Waals surface area contributed by atoms with Crippen molar-refractivity contribution < 1.29 is 4.79 Å². The van der Waals surface area contributed by atoms with Crippen molar-refractivity contribution in [3.63, 3.8) is 0 Å². The standard InChI is InChI=1S/C17H17NOS2/c1-12-7-9-14(10-8-12)18-16(19)15(21-17(18)20)11-13-5-3-2-4-6-13/h2-3,7-11,13H,4-6H2,1H3/b15-11-. The summed E-state index contributed by atoms with van der Waals surface area (Å²) in [4.78, 5) is 15.0. The SMILES string of the molecule is Cc1ccc(N2C(=O)/C(=C/C3CC=CCC3)SC2=S)cc1. The van der Waals surface area contributed by atoms with Crippen LogP contribution in [0.3, 0.4) is 0 Å². The van der Waals surface area contributed by atoms with E-state index in [0.29, 0.717) is 10.2 Å². The second-order valence-corrected chi connectivity index (χ2v) is 7.10. The number of carbonyl (C=O) groups is 1. The van der Waals surface area contributed by atoms with Gasteiger partial charge in [0.25, 0.3) is 5.91 Å². The van der Waals surface area contributed by atoms with Crippen molar-refractivity contribution in [2.75, 3.05) is 4.90 Å². The number of thiocarbonyl (C=S) groups is 1. The van der Waals surface area contributed by atoms with Gasteiger partial charge in [0.2, 0.25) is 0 Å². The molecule has 1 aliphatic heterocycles. The van der Waals surface area contributed by atoms with Crippen LogP contribution in [0.4, 0.5) is 5.69 Å². The Morgan fingerprint density at radius 2 is 2.05 bits per heavy atom. The summed E-state index contributed by atoms with van der Waals surface area (Å²) in [5.41, 5.74) is 2.03. The molecule has 1 amide bonds. The molecule has 1 heterocycles. The third-order valence-electron chi connectivity index (χ3n) is 3.78. The molecular weight excluding hydrogens is 298 g/mol. The largest absolute Gasteiger partial charge is 0.270 e. The van der Waals surface area contributed by atoms with E-state index in [-0.39, 0.29) is 5.91 Å². The summed E-state index contributed by atoms with van der Waals surface area (Å²) in [5, 5.41) is 0. The fourth-order valence-electron chi connectivity index (χ4n) is 2.58. The van der Waals surface area contributed by atoms with Gasteiger partial charge in [-0.05, 0) is 44.2 Å². The molecule has 108 valence electrons. The molecule has 1 aliphatic carbocycles. The number of thioether (sulfide) groups is 1. The van der Waals surface area contributed by atoms with Crippen molar-refractivity contribution in [2.45, 2.75) is 26.2 Å². The van der Waals surface area contributed by atoms with E-state index in [0.717, 1.165) is 29.9 Å². The van der Waals surface area contributed by atoms with Crippen LogP contribution in [0.5, 0.6) is 0 Å². The van der Waals surface area contributed by atoms with Gasteiger partial charge in [-0.2, -0.15) is 0 Å². The summed E-state index contributed by atoms with van der Waals surface area (Å²) < 4.78 is 0.626. The van der Waals surface area contributed by atoms with Crippen LogP contribution in [0.1, 0.15) is 24.8 Å². The van der Waals surface area contributed by atoms with Crippen LogP contribution in [0.15, 0.2) is 47.4 Å².